The zero-order valence-electron chi connectivity index (χ0n) is 23.0. The van der Waals surface area contributed by atoms with Gasteiger partial charge in [-0.25, -0.2) is 9.59 Å². The predicted molar refractivity (Wildman–Crippen MR) is 150 cm³/mol. The predicted octanol–water partition coefficient (Wildman–Crippen LogP) is 4.32. The Kier molecular flexibility index (Phi) is 17.2. The molecule has 214 valence electrons. The quantitative estimate of drug-likeness (QED) is 0.171. The molecule has 2 fully saturated rings. The number of Topliss-reactive ketones (excluding diaryl/α,β-unsaturated/α-hetero) is 1. The van der Waals surface area contributed by atoms with E-state index in [1.807, 2.05) is 44.9 Å². The summed E-state index contributed by atoms with van der Waals surface area (Å²) in [7, 11) is 1.24. The van der Waals surface area contributed by atoms with Gasteiger partial charge in [0.2, 0.25) is 0 Å². The Morgan fingerprint density at radius 2 is 1.48 bits per heavy atom. The van der Waals surface area contributed by atoms with Crippen molar-refractivity contribution >= 4 is 35.6 Å². The van der Waals surface area contributed by atoms with Gasteiger partial charge < -0.3 is 19.5 Å². The molecule has 2 saturated carbocycles. The van der Waals surface area contributed by atoms with Gasteiger partial charge in [0, 0.05) is 24.5 Å². The van der Waals surface area contributed by atoms with E-state index in [2.05, 4.69) is 5.32 Å². The van der Waals surface area contributed by atoms with Gasteiger partial charge in [0.15, 0.2) is 0 Å². The Labute approximate surface area is 253 Å². The van der Waals surface area contributed by atoms with E-state index in [4.69, 9.17) is 14.2 Å². The van der Waals surface area contributed by atoms with Gasteiger partial charge in [0.05, 0.1) is 12.9 Å². The average Bonchev–Trinajstić information content (AvgIpc) is 3.63. The van der Waals surface area contributed by atoms with Crippen molar-refractivity contribution in [3.05, 3.63) is 93.5 Å². The van der Waals surface area contributed by atoms with E-state index < -0.39 is 29.7 Å². The maximum absolute atomic E-state index is 12.1. The molecule has 0 spiro atoms. The Morgan fingerprint density at radius 1 is 0.900 bits per heavy atom. The van der Waals surface area contributed by atoms with E-state index in [0.717, 1.165) is 5.56 Å². The van der Waals surface area contributed by atoms with Crippen LogP contribution in [0.1, 0.15) is 32.8 Å². The minimum Gasteiger partial charge on any atom is -0.467 e. The summed E-state index contributed by atoms with van der Waals surface area (Å²) in [4.78, 5) is 48.1. The van der Waals surface area contributed by atoms with Crippen molar-refractivity contribution in [2.75, 3.05) is 18.6 Å². The third-order valence-electron chi connectivity index (χ3n) is 5.01. The number of rotatable bonds is 11. The summed E-state index contributed by atoms with van der Waals surface area (Å²) in [6, 6.07) is 5.68. The molecule has 1 atom stereocenters. The van der Waals surface area contributed by atoms with Gasteiger partial charge in [0.25, 0.3) is 0 Å². The molecule has 1 aromatic rings. The number of hydrogen-bond acceptors (Lipinski definition) is 8. The summed E-state index contributed by atoms with van der Waals surface area (Å²) >= 11 is 1.33. The standard InChI is InChI=1S/C25H30NO7S.C5H5.Fe/c1-25(2,3)33-24(30)26-20(23(29)31-4)15-17-9-11-19(12-10-17)32-22(28)16-34-14-13-21(27)18-7-5-6-8-18;1-2-4-5-3-1;/h5-12,20H,13-16H2,1-4H3,(H,26,30);1-5H;/q;;+2/t20-;;/m0../s1. The van der Waals surface area contributed by atoms with Crippen molar-refractivity contribution in [1.29, 1.82) is 0 Å². The summed E-state index contributed by atoms with van der Waals surface area (Å²) in [5.41, 5.74) is 0.0277. The number of carbonyl (C=O) groups excluding carboxylic acids is 4. The van der Waals surface area contributed by atoms with Crippen LogP contribution in [0.15, 0.2) is 24.3 Å². The number of hydrogen-bond donors (Lipinski definition) is 1. The summed E-state index contributed by atoms with van der Waals surface area (Å²) in [6.45, 7) is 5.17. The Morgan fingerprint density at radius 3 is 2.00 bits per heavy atom. The van der Waals surface area contributed by atoms with Gasteiger partial charge in [-0.1, -0.05) is 12.1 Å². The van der Waals surface area contributed by atoms with Crippen LogP contribution in [-0.4, -0.2) is 54.1 Å². The maximum atomic E-state index is 12.1. The van der Waals surface area contributed by atoms with E-state index in [1.54, 1.807) is 57.9 Å². The van der Waals surface area contributed by atoms with Crippen LogP contribution in [0, 0.1) is 63.7 Å². The van der Waals surface area contributed by atoms with Crippen LogP contribution in [0.3, 0.4) is 0 Å². The second-order valence-corrected chi connectivity index (χ2v) is 10.5. The van der Waals surface area contributed by atoms with Crippen molar-refractivity contribution in [2.24, 2.45) is 0 Å². The van der Waals surface area contributed by atoms with Crippen LogP contribution >= 0.6 is 11.8 Å². The molecule has 1 aromatic carbocycles. The van der Waals surface area contributed by atoms with Crippen molar-refractivity contribution < 1.29 is 50.5 Å². The maximum Gasteiger partial charge on any atom is 2.00 e. The fourth-order valence-electron chi connectivity index (χ4n) is 3.22. The number of amides is 1. The smallest absolute Gasteiger partial charge is 0.467 e. The molecule has 1 N–H and O–H groups in total. The average molecular weight is 610 g/mol. The topological polar surface area (TPSA) is 108 Å². The SMILES string of the molecule is COC(=O)[C@H](Cc1ccc(OC(=O)CSCCC(=O)[C]2[CH][CH][CH][CH]2)cc1)NC(=O)OC(C)(C)C.[CH]1[CH][CH][CH][CH]1.[Fe+2]. The van der Waals surface area contributed by atoms with Gasteiger partial charge in [-0.05, 0) is 96.3 Å². The monoisotopic (exact) mass is 609 g/mol. The number of thioether (sulfide) groups is 1. The van der Waals surface area contributed by atoms with E-state index in [9.17, 15) is 19.2 Å². The minimum absolute atomic E-state index is 0. The van der Waals surface area contributed by atoms with Crippen LogP contribution in [0.25, 0.3) is 0 Å². The molecule has 40 heavy (non-hydrogen) atoms. The molecule has 0 unspecified atom stereocenters. The molecule has 0 heterocycles. The van der Waals surface area contributed by atoms with Crippen LogP contribution in [0.2, 0.25) is 0 Å². The molecule has 0 aliphatic heterocycles. The van der Waals surface area contributed by atoms with Crippen molar-refractivity contribution in [2.45, 2.75) is 45.3 Å². The number of ether oxygens (including phenoxy) is 3. The molecule has 3 rings (SSSR count). The molecule has 0 saturated heterocycles. The number of ketones is 1. The number of nitrogens with one attached hydrogen (secondary N) is 1. The number of alkyl carbamates (subject to hydrolysis) is 1. The first-order chi connectivity index (χ1) is 18.6. The second kappa shape index (κ2) is 19.2. The molecule has 0 bridgehead atoms. The van der Waals surface area contributed by atoms with Crippen LogP contribution in [0.5, 0.6) is 5.75 Å². The zero-order valence-corrected chi connectivity index (χ0v) is 25.0. The number of esters is 2. The molecule has 2 aliphatic rings. The fourth-order valence-corrected chi connectivity index (χ4v) is 3.92. The van der Waals surface area contributed by atoms with Crippen LogP contribution in [-0.2, 0) is 47.3 Å². The molecule has 8 nitrogen and oxygen atoms in total. The summed E-state index contributed by atoms with van der Waals surface area (Å²) in [6.07, 6.45) is 17.0. The Bertz CT molecular complexity index is 915. The summed E-state index contributed by atoms with van der Waals surface area (Å²) < 4.78 is 15.3. The normalized spacial score (nSPS) is 15.6. The largest absolute Gasteiger partial charge is 2.00 e. The molecular formula is C30H35FeNO7S+2. The second-order valence-electron chi connectivity index (χ2n) is 9.41. The van der Waals surface area contributed by atoms with Crippen LogP contribution < -0.4 is 10.1 Å². The van der Waals surface area contributed by atoms with Gasteiger partial charge in [-0.15, -0.1) is 11.8 Å². The van der Waals surface area contributed by atoms with Gasteiger partial charge in [0.1, 0.15) is 23.2 Å². The first-order valence-corrected chi connectivity index (χ1v) is 13.6. The van der Waals surface area contributed by atoms with Crippen molar-refractivity contribution in [3.63, 3.8) is 0 Å². The minimum atomic E-state index is -0.930. The number of benzene rings is 1. The molecule has 10 radical (unpaired) electrons. The Hall–Kier alpha value is -2.03. The van der Waals surface area contributed by atoms with Gasteiger partial charge in [-0.3, -0.25) is 9.59 Å². The van der Waals surface area contributed by atoms with Crippen molar-refractivity contribution in [3.8, 4) is 5.75 Å². The molecule has 10 heteroatoms. The number of methoxy groups -OCH3 is 1. The van der Waals surface area contributed by atoms with E-state index in [0.29, 0.717) is 23.8 Å². The molecule has 2 aliphatic carbocycles. The van der Waals surface area contributed by atoms with E-state index >= 15 is 0 Å². The molecular weight excluding hydrogens is 574 g/mol. The van der Waals surface area contributed by atoms with E-state index in [1.165, 1.54) is 18.9 Å². The van der Waals surface area contributed by atoms with E-state index in [-0.39, 0.29) is 35.0 Å². The third kappa shape index (κ3) is 15.1. The number of carbonyl (C=O) groups is 4. The molecule has 1 amide bonds. The van der Waals surface area contributed by atoms with Gasteiger partial charge >= 0.3 is 35.1 Å². The van der Waals surface area contributed by atoms with Gasteiger partial charge in [-0.2, -0.15) is 0 Å². The first kappa shape index (κ1) is 36.0. The molecule has 0 aromatic heterocycles. The Balaban J connectivity index is 0.00000120. The summed E-state index contributed by atoms with van der Waals surface area (Å²) in [5.74, 6) is 0.717. The fraction of sp³-hybridized carbons (Fsp3) is 0.333. The third-order valence-corrected chi connectivity index (χ3v) is 5.94. The van der Waals surface area contributed by atoms with Crippen molar-refractivity contribution in [1.82, 2.24) is 5.32 Å². The summed E-state index contributed by atoms with van der Waals surface area (Å²) in [5, 5.41) is 2.52. The van der Waals surface area contributed by atoms with Crippen LogP contribution in [0.4, 0.5) is 4.79 Å². The zero-order chi connectivity index (χ0) is 28.7. The first-order valence-electron chi connectivity index (χ1n) is 12.4.